The maximum Gasteiger partial charge on any atom is 0.187 e. The summed E-state index contributed by atoms with van der Waals surface area (Å²) in [7, 11) is 0. The molecule has 2 nitrogen and oxygen atoms in total. The minimum absolute atomic E-state index is 0.106. The molecule has 19 heavy (non-hydrogen) atoms. The average molecular weight is 332 g/mol. The zero-order chi connectivity index (χ0) is 14.0. The molecule has 0 aliphatic heterocycles. The first-order valence-electron chi connectivity index (χ1n) is 5.33. The lowest BCUT2D eigenvalue weighted by molar-refractivity contribution is 0.395. The molecule has 2 aromatic rings. The van der Waals surface area contributed by atoms with Crippen molar-refractivity contribution in [2.24, 2.45) is 0 Å². The van der Waals surface area contributed by atoms with Crippen molar-refractivity contribution >= 4 is 21.6 Å². The highest BCUT2D eigenvalue weighted by Gasteiger charge is 2.09. The molecule has 0 saturated heterocycles. The molecule has 0 fully saturated rings. The Balaban J connectivity index is 2.12. The molecule has 0 heterocycles. The highest BCUT2D eigenvalue weighted by atomic mass is 79.9. The van der Waals surface area contributed by atoms with Gasteiger partial charge >= 0.3 is 0 Å². The number of phenols is 1. The van der Waals surface area contributed by atoms with Crippen molar-refractivity contribution in [3.63, 3.8) is 0 Å². The number of nitrogens with one attached hydrogen (secondary N) is 1. The van der Waals surface area contributed by atoms with Crippen LogP contribution in [0.15, 0.2) is 34.8 Å². The molecular weight excluding hydrogens is 323 g/mol. The van der Waals surface area contributed by atoms with Crippen LogP contribution in [0.1, 0.15) is 5.56 Å². The first-order valence-corrected chi connectivity index (χ1v) is 6.12. The van der Waals surface area contributed by atoms with E-state index in [1.165, 1.54) is 12.1 Å². The molecule has 0 unspecified atom stereocenters. The van der Waals surface area contributed by atoms with Crippen molar-refractivity contribution < 1.29 is 18.3 Å². The molecule has 0 amide bonds. The third-order valence-corrected chi connectivity index (χ3v) is 3.14. The zero-order valence-electron chi connectivity index (χ0n) is 9.55. The number of rotatable bonds is 3. The van der Waals surface area contributed by atoms with Gasteiger partial charge in [-0.05, 0) is 51.8 Å². The molecule has 0 spiro atoms. The Labute approximate surface area is 116 Å². The second-order valence-electron chi connectivity index (χ2n) is 3.89. The number of anilines is 1. The van der Waals surface area contributed by atoms with Crippen LogP contribution >= 0.6 is 15.9 Å². The van der Waals surface area contributed by atoms with Gasteiger partial charge in [-0.25, -0.2) is 13.2 Å². The summed E-state index contributed by atoms with van der Waals surface area (Å²) in [5, 5.41) is 11.8. The van der Waals surface area contributed by atoms with Crippen molar-refractivity contribution in [2.75, 3.05) is 5.32 Å². The Morgan fingerprint density at radius 2 is 1.63 bits per heavy atom. The highest BCUT2D eigenvalue weighted by Crippen LogP contribution is 2.23. The van der Waals surface area contributed by atoms with Crippen LogP contribution in [0.3, 0.4) is 0 Å². The summed E-state index contributed by atoms with van der Waals surface area (Å²) < 4.78 is 39.8. The fraction of sp³-hybridized carbons (Fsp3) is 0.0769. The summed E-state index contributed by atoms with van der Waals surface area (Å²) in [6.07, 6.45) is 0. The molecular formula is C13H9BrF3NO. The van der Waals surface area contributed by atoms with Gasteiger partial charge in [-0.15, -0.1) is 0 Å². The molecule has 0 radical (unpaired) electrons. The van der Waals surface area contributed by atoms with Gasteiger partial charge < -0.3 is 10.4 Å². The number of aromatic hydroxyl groups is 1. The maximum absolute atomic E-state index is 13.2. The molecule has 2 aromatic carbocycles. The normalized spacial score (nSPS) is 10.5. The molecule has 0 bridgehead atoms. The third kappa shape index (κ3) is 3.20. The summed E-state index contributed by atoms with van der Waals surface area (Å²) in [6.45, 7) is 0.106. The van der Waals surface area contributed by atoms with Crippen molar-refractivity contribution in [3.05, 3.63) is 57.8 Å². The van der Waals surface area contributed by atoms with Gasteiger partial charge in [0, 0.05) is 12.2 Å². The van der Waals surface area contributed by atoms with Gasteiger partial charge in [-0.1, -0.05) is 0 Å². The van der Waals surface area contributed by atoms with Gasteiger partial charge in [0.15, 0.2) is 17.4 Å². The average Bonchev–Trinajstić information content (AvgIpc) is 2.37. The molecule has 6 heteroatoms. The van der Waals surface area contributed by atoms with Crippen LogP contribution in [0.2, 0.25) is 0 Å². The SMILES string of the molecule is Oc1c(F)cc(CNc2ccc(Br)c(F)c2)cc1F. The number of phenolic OH excluding ortho intramolecular Hbond substituents is 1. The van der Waals surface area contributed by atoms with E-state index in [-0.39, 0.29) is 6.54 Å². The van der Waals surface area contributed by atoms with Crippen molar-refractivity contribution in [2.45, 2.75) is 6.54 Å². The minimum atomic E-state index is -1.03. The van der Waals surface area contributed by atoms with E-state index in [9.17, 15) is 13.2 Å². The van der Waals surface area contributed by atoms with Crippen molar-refractivity contribution in [3.8, 4) is 5.75 Å². The lowest BCUT2D eigenvalue weighted by Gasteiger charge is -2.08. The van der Waals surface area contributed by atoms with Crippen LogP contribution in [0.25, 0.3) is 0 Å². The molecule has 0 aliphatic carbocycles. The Morgan fingerprint density at radius 3 is 2.21 bits per heavy atom. The van der Waals surface area contributed by atoms with Crippen LogP contribution in [0, 0.1) is 17.5 Å². The van der Waals surface area contributed by atoms with Gasteiger partial charge in [0.05, 0.1) is 4.47 Å². The molecule has 0 saturated carbocycles. The molecule has 0 atom stereocenters. The predicted octanol–water partition coefficient (Wildman–Crippen LogP) is 4.18. The molecule has 0 aromatic heterocycles. The lowest BCUT2D eigenvalue weighted by atomic mass is 10.2. The first kappa shape index (κ1) is 13.7. The van der Waals surface area contributed by atoms with Gasteiger partial charge in [-0.3, -0.25) is 0 Å². The molecule has 100 valence electrons. The van der Waals surface area contributed by atoms with Gasteiger partial charge in [0.1, 0.15) is 5.82 Å². The Kier molecular flexibility index (Phi) is 3.99. The van der Waals surface area contributed by atoms with E-state index in [1.807, 2.05) is 0 Å². The third-order valence-electron chi connectivity index (χ3n) is 2.49. The smallest absolute Gasteiger partial charge is 0.187 e. The standard InChI is InChI=1S/C13H9BrF3NO/c14-9-2-1-8(5-10(9)15)18-6-7-3-11(16)13(19)12(17)4-7/h1-5,18-19H,6H2. The van der Waals surface area contributed by atoms with E-state index in [0.717, 1.165) is 12.1 Å². The predicted molar refractivity (Wildman–Crippen MR) is 69.4 cm³/mol. The molecule has 2 rings (SSSR count). The Morgan fingerprint density at radius 1 is 1.00 bits per heavy atom. The largest absolute Gasteiger partial charge is 0.503 e. The summed E-state index contributed by atoms with van der Waals surface area (Å²) in [5.41, 5.74) is 0.783. The quantitative estimate of drug-likeness (QED) is 0.884. The summed E-state index contributed by atoms with van der Waals surface area (Å²) in [5.74, 6) is -3.50. The van der Waals surface area contributed by atoms with Crippen LogP contribution in [0.4, 0.5) is 18.9 Å². The summed E-state index contributed by atoms with van der Waals surface area (Å²) in [6, 6.07) is 6.44. The molecule has 2 N–H and O–H groups in total. The van der Waals surface area contributed by atoms with E-state index in [0.29, 0.717) is 15.7 Å². The number of hydrogen-bond donors (Lipinski definition) is 2. The minimum Gasteiger partial charge on any atom is -0.503 e. The number of hydrogen-bond acceptors (Lipinski definition) is 2. The van der Waals surface area contributed by atoms with Gasteiger partial charge in [0.2, 0.25) is 0 Å². The van der Waals surface area contributed by atoms with Crippen LogP contribution in [-0.4, -0.2) is 5.11 Å². The van der Waals surface area contributed by atoms with E-state index < -0.39 is 23.2 Å². The van der Waals surface area contributed by atoms with E-state index in [2.05, 4.69) is 21.2 Å². The van der Waals surface area contributed by atoms with Crippen LogP contribution in [-0.2, 0) is 6.54 Å². The second-order valence-corrected chi connectivity index (χ2v) is 4.74. The van der Waals surface area contributed by atoms with E-state index in [1.54, 1.807) is 6.07 Å². The van der Waals surface area contributed by atoms with Gasteiger partial charge in [0.25, 0.3) is 0 Å². The second kappa shape index (κ2) is 5.52. The van der Waals surface area contributed by atoms with Crippen LogP contribution in [0.5, 0.6) is 5.75 Å². The van der Waals surface area contributed by atoms with Gasteiger partial charge in [-0.2, -0.15) is 0 Å². The number of benzene rings is 2. The fourth-order valence-corrected chi connectivity index (χ4v) is 1.78. The lowest BCUT2D eigenvalue weighted by Crippen LogP contribution is -2.01. The highest BCUT2D eigenvalue weighted by molar-refractivity contribution is 9.10. The first-order chi connectivity index (χ1) is 8.97. The van der Waals surface area contributed by atoms with Crippen molar-refractivity contribution in [1.82, 2.24) is 0 Å². The molecule has 0 aliphatic rings. The zero-order valence-corrected chi connectivity index (χ0v) is 11.1. The Hall–Kier alpha value is -1.69. The summed E-state index contributed by atoms with van der Waals surface area (Å²) >= 11 is 3.02. The van der Waals surface area contributed by atoms with E-state index >= 15 is 0 Å². The maximum atomic E-state index is 13.2. The van der Waals surface area contributed by atoms with Crippen LogP contribution < -0.4 is 5.32 Å². The Bertz CT molecular complexity index is 596. The summed E-state index contributed by atoms with van der Waals surface area (Å²) in [4.78, 5) is 0. The number of halogens is 4. The topological polar surface area (TPSA) is 32.3 Å². The van der Waals surface area contributed by atoms with E-state index in [4.69, 9.17) is 5.11 Å². The fourth-order valence-electron chi connectivity index (χ4n) is 1.53. The van der Waals surface area contributed by atoms with Crippen molar-refractivity contribution in [1.29, 1.82) is 0 Å². The monoisotopic (exact) mass is 331 g/mol.